The van der Waals surface area contributed by atoms with Crippen LogP contribution in [0.15, 0.2) is 0 Å². The van der Waals surface area contributed by atoms with Crippen LogP contribution in [0.2, 0.25) is 0 Å². The van der Waals surface area contributed by atoms with Gasteiger partial charge in [-0.25, -0.2) is 9.13 Å². The van der Waals surface area contributed by atoms with Crippen LogP contribution >= 0.6 is 15.6 Å². The predicted octanol–water partition coefficient (Wildman–Crippen LogP) is 21.2. The Kier molecular flexibility index (Phi) is 63.7. The Balaban J connectivity index is 5.15. The second kappa shape index (κ2) is 65.0. The lowest BCUT2D eigenvalue weighted by Gasteiger charge is -2.21. The Bertz CT molecular complexity index is 1790. The van der Waals surface area contributed by atoms with E-state index in [0.717, 1.165) is 108 Å². The van der Waals surface area contributed by atoms with Crippen molar-refractivity contribution in [2.24, 2.45) is 11.8 Å². The Hall–Kier alpha value is -1.94. The van der Waals surface area contributed by atoms with Gasteiger partial charge < -0.3 is 33.8 Å². The van der Waals surface area contributed by atoms with E-state index in [9.17, 15) is 43.2 Å². The van der Waals surface area contributed by atoms with Gasteiger partial charge in [0.15, 0.2) is 12.2 Å². The van der Waals surface area contributed by atoms with Crippen molar-refractivity contribution < 1.29 is 80.2 Å². The molecule has 92 heavy (non-hydrogen) atoms. The lowest BCUT2D eigenvalue weighted by Crippen LogP contribution is -2.30. The van der Waals surface area contributed by atoms with E-state index in [0.29, 0.717) is 25.7 Å². The molecule has 0 rings (SSSR count). The molecule has 5 atom stereocenters. The standard InChI is InChI=1S/C73H142O17P2/c1-7-9-11-13-14-15-16-17-18-21-24-27-33-38-44-50-56-71(76)84-62-69(90-73(78)57-51-45-39-34-28-25-22-19-20-23-26-31-36-42-47-53-65(3)4)64-88-92(81,82)86-60-67(74)59-85-91(79,80)87-63-68(61-83-70(75)55-49-41-12-10-8-2)89-72(77)58-52-46-40-35-30-29-32-37-43-48-54-66(5)6/h65-69,74H,7-64H2,1-6H3,(H,79,80)(H,81,82)/t67-,68+,69+/m0/s1. The quantitative estimate of drug-likeness (QED) is 0.0222. The molecule has 0 amide bonds. The van der Waals surface area contributed by atoms with Gasteiger partial charge in [-0.1, -0.05) is 324 Å². The van der Waals surface area contributed by atoms with Crippen LogP contribution in [0, 0.1) is 11.8 Å². The Morgan fingerprint density at radius 3 is 0.739 bits per heavy atom. The molecule has 0 aliphatic heterocycles. The van der Waals surface area contributed by atoms with Crippen LogP contribution in [0.5, 0.6) is 0 Å². The molecule has 0 aromatic rings. The lowest BCUT2D eigenvalue weighted by atomic mass is 10.0. The summed E-state index contributed by atoms with van der Waals surface area (Å²) in [4.78, 5) is 72.4. The van der Waals surface area contributed by atoms with Crippen molar-refractivity contribution in [3.8, 4) is 0 Å². The molecular weight excluding hydrogens is 1210 g/mol. The Morgan fingerprint density at radius 1 is 0.293 bits per heavy atom. The molecule has 2 unspecified atom stereocenters. The monoisotopic (exact) mass is 1350 g/mol. The molecule has 0 radical (unpaired) electrons. The van der Waals surface area contributed by atoms with Gasteiger partial charge in [-0.2, -0.15) is 0 Å². The van der Waals surface area contributed by atoms with Gasteiger partial charge in [-0.05, 0) is 37.5 Å². The molecule has 0 aromatic heterocycles. The summed E-state index contributed by atoms with van der Waals surface area (Å²) in [6.07, 6.45) is 51.7. The number of ether oxygens (including phenoxy) is 4. The Morgan fingerprint density at radius 2 is 0.500 bits per heavy atom. The summed E-state index contributed by atoms with van der Waals surface area (Å²) in [6.45, 7) is 9.50. The summed E-state index contributed by atoms with van der Waals surface area (Å²) in [5, 5.41) is 10.6. The van der Waals surface area contributed by atoms with Gasteiger partial charge in [0.2, 0.25) is 0 Å². The van der Waals surface area contributed by atoms with Crippen molar-refractivity contribution in [1.82, 2.24) is 0 Å². The highest BCUT2D eigenvalue weighted by Crippen LogP contribution is 2.45. The maximum absolute atomic E-state index is 13.0. The fourth-order valence-corrected chi connectivity index (χ4v) is 12.7. The van der Waals surface area contributed by atoms with E-state index in [2.05, 4.69) is 41.5 Å². The molecule has 0 spiro atoms. The first-order chi connectivity index (χ1) is 44.4. The van der Waals surface area contributed by atoms with Crippen molar-refractivity contribution in [3.05, 3.63) is 0 Å². The topological polar surface area (TPSA) is 237 Å². The van der Waals surface area contributed by atoms with Crippen LogP contribution in [0.1, 0.15) is 375 Å². The molecule has 17 nitrogen and oxygen atoms in total. The number of carbonyl (C=O) groups is 4. The average molecular weight is 1350 g/mol. The van der Waals surface area contributed by atoms with Gasteiger partial charge >= 0.3 is 39.5 Å². The first-order valence-corrected chi connectivity index (χ1v) is 41.0. The zero-order chi connectivity index (χ0) is 67.9. The van der Waals surface area contributed by atoms with Crippen LogP contribution < -0.4 is 0 Å². The first kappa shape index (κ1) is 90.1. The third kappa shape index (κ3) is 66.7. The molecule has 0 fully saturated rings. The minimum absolute atomic E-state index is 0.105. The summed E-state index contributed by atoms with van der Waals surface area (Å²) in [7, 11) is -9.90. The van der Waals surface area contributed by atoms with E-state index in [1.54, 1.807) is 0 Å². The summed E-state index contributed by atoms with van der Waals surface area (Å²) in [6, 6.07) is 0. The van der Waals surface area contributed by atoms with Crippen LogP contribution in [0.4, 0.5) is 0 Å². The van der Waals surface area contributed by atoms with Crippen LogP contribution in [-0.4, -0.2) is 96.7 Å². The number of unbranched alkanes of at least 4 members (excludes halogenated alkanes) is 42. The second-order valence-electron chi connectivity index (χ2n) is 27.3. The number of esters is 4. The highest BCUT2D eigenvalue weighted by atomic mass is 31.2. The molecule has 3 N–H and O–H groups in total. The van der Waals surface area contributed by atoms with Gasteiger partial charge in [-0.3, -0.25) is 37.3 Å². The number of rotatable bonds is 72. The smallest absolute Gasteiger partial charge is 0.462 e. The molecule has 0 saturated carbocycles. The highest BCUT2D eigenvalue weighted by molar-refractivity contribution is 7.47. The number of hydrogen-bond acceptors (Lipinski definition) is 15. The zero-order valence-electron chi connectivity index (χ0n) is 59.9. The van der Waals surface area contributed by atoms with E-state index in [4.69, 9.17) is 37.0 Å². The summed E-state index contributed by atoms with van der Waals surface area (Å²) in [5.41, 5.74) is 0. The molecule has 0 aliphatic carbocycles. The van der Waals surface area contributed by atoms with Crippen molar-refractivity contribution in [2.75, 3.05) is 39.6 Å². The molecule has 0 bridgehead atoms. The molecule has 0 saturated heterocycles. The number of phosphoric ester groups is 2. The molecular formula is C73H142O17P2. The van der Waals surface area contributed by atoms with Crippen LogP contribution in [0.3, 0.4) is 0 Å². The number of phosphoric acid groups is 2. The molecule has 0 aromatic carbocycles. The van der Waals surface area contributed by atoms with Gasteiger partial charge in [-0.15, -0.1) is 0 Å². The third-order valence-corrected chi connectivity index (χ3v) is 18.9. The molecule has 0 aliphatic rings. The van der Waals surface area contributed by atoms with E-state index in [1.165, 1.54) is 186 Å². The number of aliphatic hydroxyl groups is 1. The van der Waals surface area contributed by atoms with Crippen molar-refractivity contribution >= 4 is 39.5 Å². The predicted molar refractivity (Wildman–Crippen MR) is 372 cm³/mol. The van der Waals surface area contributed by atoms with E-state index in [-0.39, 0.29) is 25.7 Å². The highest BCUT2D eigenvalue weighted by Gasteiger charge is 2.30. The van der Waals surface area contributed by atoms with E-state index >= 15 is 0 Å². The zero-order valence-corrected chi connectivity index (χ0v) is 61.6. The minimum atomic E-state index is -4.95. The molecule has 0 heterocycles. The largest absolute Gasteiger partial charge is 0.472 e. The fourth-order valence-electron chi connectivity index (χ4n) is 11.1. The van der Waals surface area contributed by atoms with Crippen LogP contribution in [-0.2, 0) is 65.4 Å². The third-order valence-electron chi connectivity index (χ3n) is 17.0. The number of hydrogen-bond donors (Lipinski definition) is 3. The first-order valence-electron chi connectivity index (χ1n) is 38.0. The fraction of sp³-hybridized carbons (Fsp3) is 0.945. The number of aliphatic hydroxyl groups excluding tert-OH is 1. The van der Waals surface area contributed by atoms with Gasteiger partial charge in [0.25, 0.3) is 0 Å². The van der Waals surface area contributed by atoms with E-state index < -0.39 is 97.5 Å². The SMILES string of the molecule is CCCCCCCCCCCCCCCCCCC(=O)OC[C@H](COP(=O)(O)OC[C@@H](O)COP(=O)(O)OC[C@@H](COC(=O)CCCCCCC)OC(=O)CCCCCCCCCCCCC(C)C)OC(=O)CCCCCCCCCCCCCCCCCC(C)C. The van der Waals surface area contributed by atoms with Gasteiger partial charge in [0, 0.05) is 25.7 Å². The summed E-state index contributed by atoms with van der Waals surface area (Å²) >= 11 is 0. The van der Waals surface area contributed by atoms with Crippen molar-refractivity contribution in [2.45, 2.75) is 394 Å². The van der Waals surface area contributed by atoms with E-state index in [1.807, 2.05) is 0 Å². The van der Waals surface area contributed by atoms with Gasteiger partial charge in [0.05, 0.1) is 26.4 Å². The van der Waals surface area contributed by atoms with Gasteiger partial charge in [0.1, 0.15) is 19.3 Å². The second-order valence-corrected chi connectivity index (χ2v) is 30.2. The molecule has 546 valence electrons. The summed E-state index contributed by atoms with van der Waals surface area (Å²) < 4.78 is 68.2. The lowest BCUT2D eigenvalue weighted by molar-refractivity contribution is -0.161. The van der Waals surface area contributed by atoms with Crippen molar-refractivity contribution in [1.29, 1.82) is 0 Å². The molecule has 19 heteroatoms. The van der Waals surface area contributed by atoms with Crippen molar-refractivity contribution in [3.63, 3.8) is 0 Å². The average Bonchev–Trinajstić information content (AvgIpc) is 2.02. The maximum Gasteiger partial charge on any atom is 0.472 e. The maximum atomic E-state index is 13.0. The number of carbonyl (C=O) groups excluding carboxylic acids is 4. The van der Waals surface area contributed by atoms with Crippen LogP contribution in [0.25, 0.3) is 0 Å². The minimum Gasteiger partial charge on any atom is -0.462 e. The normalized spacial score (nSPS) is 14.1. The Labute approximate surface area is 562 Å². The summed E-state index contributed by atoms with van der Waals surface area (Å²) in [5.74, 6) is -0.575.